The summed E-state index contributed by atoms with van der Waals surface area (Å²) in [6.07, 6.45) is 4.74. The lowest BCUT2D eigenvalue weighted by Crippen LogP contribution is -2.20. The van der Waals surface area contributed by atoms with Gasteiger partial charge in [0.2, 0.25) is 0 Å². The summed E-state index contributed by atoms with van der Waals surface area (Å²) in [5.41, 5.74) is 6.69. The van der Waals surface area contributed by atoms with Crippen molar-refractivity contribution in [1.82, 2.24) is 0 Å². The van der Waals surface area contributed by atoms with Crippen molar-refractivity contribution in [3.8, 4) is 5.75 Å². The average Bonchev–Trinajstić information content (AvgIpc) is 2.20. The molecule has 0 aromatic heterocycles. The minimum Gasteiger partial charge on any atom is -0.491 e. The molecule has 0 aliphatic heterocycles. The van der Waals surface area contributed by atoms with Gasteiger partial charge >= 0.3 is 0 Å². The van der Waals surface area contributed by atoms with Crippen molar-refractivity contribution in [3.63, 3.8) is 0 Å². The minimum absolute atomic E-state index is 0.625. The number of hydrogen-bond acceptors (Lipinski definition) is 2. The molecule has 2 rings (SSSR count). The summed E-state index contributed by atoms with van der Waals surface area (Å²) in [6.45, 7) is 1.42. The largest absolute Gasteiger partial charge is 0.491 e. The molecule has 0 unspecified atom stereocenters. The summed E-state index contributed by atoms with van der Waals surface area (Å²) in [5.74, 6) is 1.56. The van der Waals surface area contributed by atoms with Crippen LogP contribution in [0.4, 0.5) is 0 Å². The quantitative estimate of drug-likeness (QED) is 0.857. The maximum atomic E-state index is 6.14. The van der Waals surface area contributed by atoms with Crippen molar-refractivity contribution < 1.29 is 4.74 Å². The van der Waals surface area contributed by atoms with E-state index in [0.29, 0.717) is 11.6 Å². The number of ether oxygens (including phenoxy) is 1. The van der Waals surface area contributed by atoms with Gasteiger partial charge in [0.1, 0.15) is 5.75 Å². The van der Waals surface area contributed by atoms with Gasteiger partial charge in [-0.25, -0.2) is 0 Å². The van der Waals surface area contributed by atoms with Crippen LogP contribution in [-0.2, 0) is 6.42 Å². The molecule has 1 aromatic carbocycles. The predicted molar refractivity (Wildman–Crippen MR) is 67.0 cm³/mol. The maximum Gasteiger partial charge on any atom is 0.141 e. The Bertz CT molecular complexity index is 350. The maximum absolute atomic E-state index is 6.14. The lowest BCUT2D eigenvalue weighted by atomic mass is 9.86. The Morgan fingerprint density at radius 2 is 2.19 bits per heavy atom. The van der Waals surface area contributed by atoms with E-state index < -0.39 is 0 Å². The first-order valence-electron chi connectivity index (χ1n) is 5.91. The minimum atomic E-state index is 0.625. The van der Waals surface area contributed by atoms with E-state index in [2.05, 4.69) is 0 Å². The highest BCUT2D eigenvalue weighted by molar-refractivity contribution is 6.32. The monoisotopic (exact) mass is 239 g/mol. The van der Waals surface area contributed by atoms with E-state index in [1.54, 1.807) is 0 Å². The molecule has 1 saturated carbocycles. The highest BCUT2D eigenvalue weighted by atomic mass is 35.5. The van der Waals surface area contributed by atoms with Crippen LogP contribution in [0, 0.1) is 5.92 Å². The number of benzene rings is 1. The lowest BCUT2D eigenvalue weighted by molar-refractivity contribution is 0.179. The number of halogens is 1. The molecule has 1 aromatic rings. The second-order valence-corrected chi connectivity index (χ2v) is 4.78. The van der Waals surface area contributed by atoms with Crippen LogP contribution in [0.1, 0.15) is 24.8 Å². The fourth-order valence-electron chi connectivity index (χ4n) is 1.93. The molecular formula is C13H18ClNO. The second-order valence-electron chi connectivity index (χ2n) is 4.37. The Morgan fingerprint density at radius 3 is 2.81 bits per heavy atom. The Kier molecular flexibility index (Phi) is 4.08. The molecule has 0 radical (unpaired) electrons. The van der Waals surface area contributed by atoms with Gasteiger partial charge in [-0.05, 0) is 43.4 Å². The zero-order valence-corrected chi connectivity index (χ0v) is 10.2. The van der Waals surface area contributed by atoms with E-state index in [4.69, 9.17) is 22.1 Å². The fraction of sp³-hybridized carbons (Fsp3) is 0.538. The summed E-state index contributed by atoms with van der Waals surface area (Å²) < 4.78 is 5.84. The zero-order valence-electron chi connectivity index (χ0n) is 9.42. The van der Waals surface area contributed by atoms with Crippen molar-refractivity contribution in [2.24, 2.45) is 11.7 Å². The first-order chi connectivity index (χ1) is 7.81. The number of nitrogens with two attached hydrogens (primary N) is 1. The van der Waals surface area contributed by atoms with Crippen LogP contribution in [0.2, 0.25) is 5.02 Å². The molecule has 0 spiro atoms. The SMILES string of the molecule is NCCc1cccc(Cl)c1OCC1CCC1. The van der Waals surface area contributed by atoms with Crippen molar-refractivity contribution >= 4 is 11.6 Å². The molecule has 16 heavy (non-hydrogen) atoms. The number of hydrogen-bond donors (Lipinski definition) is 1. The van der Waals surface area contributed by atoms with E-state index in [0.717, 1.165) is 30.3 Å². The third-order valence-corrected chi connectivity index (χ3v) is 3.45. The van der Waals surface area contributed by atoms with Gasteiger partial charge in [0.25, 0.3) is 0 Å². The third-order valence-electron chi connectivity index (χ3n) is 3.15. The van der Waals surface area contributed by atoms with Gasteiger partial charge in [-0.3, -0.25) is 0 Å². The van der Waals surface area contributed by atoms with E-state index in [9.17, 15) is 0 Å². The summed E-state index contributed by atoms with van der Waals surface area (Å²) in [7, 11) is 0. The van der Waals surface area contributed by atoms with E-state index in [1.807, 2.05) is 18.2 Å². The van der Waals surface area contributed by atoms with Crippen molar-refractivity contribution in [2.75, 3.05) is 13.2 Å². The third kappa shape index (κ3) is 2.69. The van der Waals surface area contributed by atoms with Crippen LogP contribution < -0.4 is 10.5 Å². The van der Waals surface area contributed by atoms with Gasteiger partial charge in [-0.2, -0.15) is 0 Å². The zero-order chi connectivity index (χ0) is 11.4. The molecule has 1 fully saturated rings. The molecule has 2 nitrogen and oxygen atoms in total. The molecular weight excluding hydrogens is 222 g/mol. The molecule has 1 aliphatic rings. The average molecular weight is 240 g/mol. The van der Waals surface area contributed by atoms with Gasteiger partial charge in [0, 0.05) is 0 Å². The van der Waals surface area contributed by atoms with Crippen LogP contribution in [0.15, 0.2) is 18.2 Å². The Hall–Kier alpha value is -0.730. The summed E-state index contributed by atoms with van der Waals surface area (Å²) in [6, 6.07) is 5.86. The van der Waals surface area contributed by atoms with Gasteiger partial charge in [0.15, 0.2) is 0 Å². The van der Waals surface area contributed by atoms with E-state index in [1.165, 1.54) is 19.3 Å². The van der Waals surface area contributed by atoms with Gasteiger partial charge in [-0.1, -0.05) is 30.2 Å². The summed E-state index contributed by atoms with van der Waals surface area (Å²) >= 11 is 6.14. The summed E-state index contributed by atoms with van der Waals surface area (Å²) in [5, 5.41) is 0.699. The van der Waals surface area contributed by atoms with Crippen LogP contribution >= 0.6 is 11.6 Å². The number of para-hydroxylation sites is 1. The molecule has 3 heteroatoms. The molecule has 0 amide bonds. The van der Waals surface area contributed by atoms with Crippen LogP contribution in [0.5, 0.6) is 5.75 Å². The van der Waals surface area contributed by atoms with Gasteiger partial charge in [0.05, 0.1) is 11.6 Å². The molecule has 0 heterocycles. The van der Waals surface area contributed by atoms with Gasteiger partial charge in [-0.15, -0.1) is 0 Å². The molecule has 2 N–H and O–H groups in total. The van der Waals surface area contributed by atoms with Crippen molar-refractivity contribution in [3.05, 3.63) is 28.8 Å². The van der Waals surface area contributed by atoms with Crippen molar-refractivity contribution in [2.45, 2.75) is 25.7 Å². The standard InChI is InChI=1S/C13H18ClNO/c14-12-6-2-5-11(7-8-15)13(12)16-9-10-3-1-4-10/h2,5-6,10H,1,3-4,7-9,15H2. The predicted octanol–water partition coefficient (Wildman–Crippen LogP) is 3.02. The number of rotatable bonds is 5. The fourth-order valence-corrected chi connectivity index (χ4v) is 2.18. The van der Waals surface area contributed by atoms with Gasteiger partial charge < -0.3 is 10.5 Å². The van der Waals surface area contributed by atoms with E-state index >= 15 is 0 Å². The van der Waals surface area contributed by atoms with Crippen LogP contribution in [0.25, 0.3) is 0 Å². The molecule has 0 atom stereocenters. The van der Waals surface area contributed by atoms with Crippen molar-refractivity contribution in [1.29, 1.82) is 0 Å². The molecule has 1 aliphatic carbocycles. The highest BCUT2D eigenvalue weighted by Gasteiger charge is 2.19. The second kappa shape index (κ2) is 5.55. The molecule has 0 bridgehead atoms. The molecule has 0 saturated heterocycles. The van der Waals surface area contributed by atoms with Crippen LogP contribution in [-0.4, -0.2) is 13.2 Å². The van der Waals surface area contributed by atoms with E-state index in [-0.39, 0.29) is 0 Å². The summed E-state index contributed by atoms with van der Waals surface area (Å²) in [4.78, 5) is 0. The normalized spacial score (nSPS) is 15.9. The Morgan fingerprint density at radius 1 is 1.38 bits per heavy atom. The first-order valence-corrected chi connectivity index (χ1v) is 6.29. The Balaban J connectivity index is 2.03. The van der Waals surface area contributed by atoms with Crippen LogP contribution in [0.3, 0.4) is 0 Å². The topological polar surface area (TPSA) is 35.2 Å². The Labute approximate surface area is 102 Å². The highest BCUT2D eigenvalue weighted by Crippen LogP contribution is 2.32. The smallest absolute Gasteiger partial charge is 0.141 e. The molecule has 88 valence electrons. The first kappa shape index (κ1) is 11.7. The lowest BCUT2D eigenvalue weighted by Gasteiger charge is -2.26.